The van der Waals surface area contributed by atoms with Crippen LogP contribution in [0.25, 0.3) is 0 Å². The van der Waals surface area contributed by atoms with E-state index in [-0.39, 0.29) is 32.8 Å². The minimum absolute atomic E-state index is 0.0848. The molecule has 0 spiro atoms. The summed E-state index contributed by atoms with van der Waals surface area (Å²) in [6.45, 7) is 4.71. The normalized spacial score (nSPS) is 14.1. The number of unbranched alkanes of at least 4 members (excludes halogenated alkanes) is 17. The van der Waals surface area contributed by atoms with Gasteiger partial charge in [-0.25, -0.2) is 4.57 Å². The number of allylic oxidation sites excluding steroid dienone is 12. The molecule has 0 aliphatic heterocycles. The van der Waals surface area contributed by atoms with Gasteiger partial charge >= 0.3 is 13.8 Å². The molecule has 0 radical (unpaired) electrons. The van der Waals surface area contributed by atoms with Gasteiger partial charge < -0.3 is 20.1 Å². The maximum absolute atomic E-state index is 12.6. The van der Waals surface area contributed by atoms with Gasteiger partial charge in [-0.1, -0.05) is 196 Å². The molecular weight excluding hydrogens is 721 g/mol. The number of phosphoric acid groups is 1. The van der Waals surface area contributed by atoms with Crippen LogP contribution in [0.15, 0.2) is 72.9 Å². The second-order valence-corrected chi connectivity index (χ2v) is 16.0. The number of phosphoric ester groups is 1. The molecule has 0 heterocycles. The number of ether oxygens (including phenoxy) is 2. The SMILES string of the molecule is CCC=CCC=CCC=CCC=CCC=CCC=CCCC(=O)OC(COCCCCCCCCCCCCCCCCCCCC)COP(=O)(O)OCCN. The molecule has 0 saturated carbocycles. The lowest BCUT2D eigenvalue weighted by Crippen LogP contribution is -2.28. The van der Waals surface area contributed by atoms with Crippen LogP contribution in [0.5, 0.6) is 0 Å². The molecule has 0 aliphatic rings. The summed E-state index contributed by atoms with van der Waals surface area (Å²) in [5.41, 5.74) is 5.37. The Morgan fingerprint density at radius 2 is 0.964 bits per heavy atom. The molecule has 0 bridgehead atoms. The van der Waals surface area contributed by atoms with Crippen molar-refractivity contribution in [2.45, 2.75) is 187 Å². The van der Waals surface area contributed by atoms with Crippen molar-refractivity contribution >= 4 is 13.8 Å². The lowest BCUT2D eigenvalue weighted by molar-refractivity contribution is -0.154. The molecule has 324 valence electrons. The molecule has 0 aliphatic carbocycles. The highest BCUT2D eigenvalue weighted by atomic mass is 31.2. The number of rotatable bonds is 42. The largest absolute Gasteiger partial charge is 0.472 e. The Balaban J connectivity index is 4.14. The second-order valence-electron chi connectivity index (χ2n) is 14.5. The van der Waals surface area contributed by atoms with Crippen LogP contribution in [0, 0.1) is 0 Å². The van der Waals surface area contributed by atoms with Crippen molar-refractivity contribution in [1.29, 1.82) is 0 Å². The molecule has 56 heavy (non-hydrogen) atoms. The zero-order valence-electron chi connectivity index (χ0n) is 35.8. The maximum Gasteiger partial charge on any atom is 0.472 e. The van der Waals surface area contributed by atoms with Crippen LogP contribution in [0.4, 0.5) is 0 Å². The summed E-state index contributed by atoms with van der Waals surface area (Å²) in [7, 11) is -4.30. The number of nitrogens with two attached hydrogens (primary N) is 1. The quantitative estimate of drug-likeness (QED) is 0.0271. The molecule has 0 fully saturated rings. The number of hydrogen-bond acceptors (Lipinski definition) is 7. The van der Waals surface area contributed by atoms with Crippen molar-refractivity contribution in [3.05, 3.63) is 72.9 Å². The number of esters is 1. The summed E-state index contributed by atoms with van der Waals surface area (Å²) in [4.78, 5) is 22.5. The number of carbonyl (C=O) groups excluding carboxylic acids is 1. The highest BCUT2D eigenvalue weighted by Crippen LogP contribution is 2.43. The lowest BCUT2D eigenvalue weighted by atomic mass is 10.0. The van der Waals surface area contributed by atoms with Crippen LogP contribution < -0.4 is 5.73 Å². The fourth-order valence-corrected chi connectivity index (χ4v) is 6.67. The number of carbonyl (C=O) groups is 1. The molecule has 2 unspecified atom stereocenters. The third-order valence-corrected chi connectivity index (χ3v) is 10.1. The van der Waals surface area contributed by atoms with E-state index >= 15 is 0 Å². The standard InChI is InChI=1S/C47H84NO7P/c1-3-5-7-9-11-13-15-17-19-21-23-24-26-28-30-32-34-36-38-40-47(49)55-46(45-54-56(50,51)53-43-41-48)44-52-42-39-37-35-33-31-29-27-25-22-20-18-16-14-12-10-8-6-4-2/h5,7,11,13,17,19,23-24,28,30,34,36,46H,3-4,6,8-10,12,14-16,18,20-22,25-27,29,31-33,35,37-45,48H2,1-2H3,(H,50,51). The fraction of sp³-hybridized carbons (Fsp3) is 0.723. The van der Waals surface area contributed by atoms with Crippen molar-refractivity contribution in [3.8, 4) is 0 Å². The van der Waals surface area contributed by atoms with Gasteiger partial charge in [-0.3, -0.25) is 13.8 Å². The van der Waals surface area contributed by atoms with Crippen LogP contribution in [0.3, 0.4) is 0 Å². The number of hydrogen-bond donors (Lipinski definition) is 2. The summed E-state index contributed by atoms with van der Waals surface area (Å²) < 4.78 is 33.4. The van der Waals surface area contributed by atoms with Crippen molar-refractivity contribution in [1.82, 2.24) is 0 Å². The van der Waals surface area contributed by atoms with E-state index in [1.807, 2.05) is 12.2 Å². The molecule has 0 aromatic carbocycles. The third-order valence-electron chi connectivity index (χ3n) is 9.15. The first-order valence-electron chi connectivity index (χ1n) is 22.4. The molecule has 0 aromatic heterocycles. The van der Waals surface area contributed by atoms with Gasteiger partial charge in [-0.2, -0.15) is 0 Å². The molecule has 2 atom stereocenters. The average Bonchev–Trinajstić information content (AvgIpc) is 3.19. The van der Waals surface area contributed by atoms with Gasteiger partial charge in [0.05, 0.1) is 19.8 Å². The molecular formula is C47H84NO7P. The van der Waals surface area contributed by atoms with Crippen molar-refractivity contribution in [2.24, 2.45) is 5.73 Å². The third kappa shape index (κ3) is 43.1. The molecule has 8 nitrogen and oxygen atoms in total. The summed E-state index contributed by atoms with van der Waals surface area (Å²) >= 11 is 0. The van der Waals surface area contributed by atoms with Crippen LogP contribution in [-0.4, -0.2) is 49.9 Å². The molecule has 0 amide bonds. The summed E-state index contributed by atoms with van der Waals surface area (Å²) in [5.74, 6) is -0.412. The fourth-order valence-electron chi connectivity index (χ4n) is 5.90. The van der Waals surface area contributed by atoms with Gasteiger partial charge in [0.2, 0.25) is 0 Å². The van der Waals surface area contributed by atoms with Gasteiger partial charge in [-0.15, -0.1) is 0 Å². The summed E-state index contributed by atoms with van der Waals surface area (Å²) in [6, 6.07) is 0. The van der Waals surface area contributed by atoms with Gasteiger partial charge in [0, 0.05) is 19.6 Å². The topological polar surface area (TPSA) is 117 Å². The molecule has 3 N–H and O–H groups in total. The summed E-state index contributed by atoms with van der Waals surface area (Å²) in [5, 5.41) is 0. The van der Waals surface area contributed by atoms with Crippen LogP contribution in [-0.2, 0) is 27.9 Å². The predicted molar refractivity (Wildman–Crippen MR) is 238 cm³/mol. The van der Waals surface area contributed by atoms with E-state index in [4.69, 9.17) is 24.3 Å². The first kappa shape index (κ1) is 53.9. The highest BCUT2D eigenvalue weighted by molar-refractivity contribution is 7.47. The lowest BCUT2D eigenvalue weighted by Gasteiger charge is -2.20. The Morgan fingerprint density at radius 1 is 0.554 bits per heavy atom. The van der Waals surface area contributed by atoms with Gasteiger partial charge in [0.1, 0.15) is 6.10 Å². The minimum atomic E-state index is -4.30. The minimum Gasteiger partial charge on any atom is -0.457 e. The van der Waals surface area contributed by atoms with E-state index in [1.54, 1.807) is 0 Å². The zero-order valence-corrected chi connectivity index (χ0v) is 36.7. The van der Waals surface area contributed by atoms with Crippen LogP contribution >= 0.6 is 7.82 Å². The first-order chi connectivity index (χ1) is 27.4. The van der Waals surface area contributed by atoms with Crippen molar-refractivity contribution in [2.75, 3.05) is 33.0 Å². The maximum atomic E-state index is 12.6. The first-order valence-corrected chi connectivity index (χ1v) is 23.9. The zero-order chi connectivity index (χ0) is 40.9. The smallest absolute Gasteiger partial charge is 0.457 e. The monoisotopic (exact) mass is 806 g/mol. The van der Waals surface area contributed by atoms with Crippen molar-refractivity contribution in [3.63, 3.8) is 0 Å². The molecule has 9 heteroatoms. The van der Waals surface area contributed by atoms with E-state index < -0.39 is 19.9 Å². The van der Waals surface area contributed by atoms with E-state index in [0.29, 0.717) is 13.0 Å². The second kappa shape index (κ2) is 44.1. The Morgan fingerprint density at radius 3 is 1.39 bits per heavy atom. The molecule has 0 rings (SSSR count). The summed E-state index contributed by atoms with van der Waals surface area (Å²) in [6.07, 6.45) is 55.1. The Hall–Kier alpha value is -2.06. The van der Waals surface area contributed by atoms with Gasteiger partial charge in [-0.05, 0) is 51.4 Å². The van der Waals surface area contributed by atoms with E-state index in [2.05, 4.69) is 74.6 Å². The Kier molecular flexibility index (Phi) is 42.4. The Labute approximate surface area is 344 Å². The highest BCUT2D eigenvalue weighted by Gasteiger charge is 2.25. The van der Waals surface area contributed by atoms with Crippen LogP contribution in [0.1, 0.15) is 181 Å². The predicted octanol–water partition coefficient (Wildman–Crippen LogP) is 13.5. The molecule has 0 aromatic rings. The van der Waals surface area contributed by atoms with Crippen LogP contribution in [0.2, 0.25) is 0 Å². The van der Waals surface area contributed by atoms with Crippen molar-refractivity contribution < 1.29 is 32.8 Å². The average molecular weight is 806 g/mol. The van der Waals surface area contributed by atoms with Gasteiger partial charge in [0.25, 0.3) is 0 Å². The Bertz CT molecular complexity index is 1080. The van der Waals surface area contributed by atoms with E-state index in [9.17, 15) is 14.3 Å². The van der Waals surface area contributed by atoms with E-state index in [1.165, 1.54) is 103 Å². The van der Waals surface area contributed by atoms with E-state index in [0.717, 1.165) is 51.4 Å². The molecule has 0 saturated heterocycles. The van der Waals surface area contributed by atoms with Gasteiger partial charge in [0.15, 0.2) is 0 Å².